The molecule has 0 saturated carbocycles. The van der Waals surface area contributed by atoms with Crippen molar-refractivity contribution in [2.45, 2.75) is 39.0 Å². The molecule has 21 heavy (non-hydrogen) atoms. The summed E-state index contributed by atoms with van der Waals surface area (Å²) in [5.74, 6) is 0.894. The van der Waals surface area contributed by atoms with E-state index in [9.17, 15) is 0 Å². The van der Waals surface area contributed by atoms with Gasteiger partial charge in [-0.3, -0.25) is 0 Å². The minimum absolute atomic E-state index is 0.174. The molecule has 2 unspecified atom stereocenters. The summed E-state index contributed by atoms with van der Waals surface area (Å²) in [6.45, 7) is 6.29. The van der Waals surface area contributed by atoms with Gasteiger partial charge in [-0.2, -0.15) is 10.4 Å². The molecule has 0 aromatic carbocycles. The molecule has 110 valence electrons. The van der Waals surface area contributed by atoms with Crippen molar-refractivity contribution in [2.24, 2.45) is 0 Å². The van der Waals surface area contributed by atoms with E-state index >= 15 is 0 Å². The maximum Gasteiger partial charge on any atom is 0.163 e. The first-order chi connectivity index (χ1) is 10.2. The zero-order valence-corrected chi connectivity index (χ0v) is 12.2. The van der Waals surface area contributed by atoms with E-state index in [0.29, 0.717) is 13.0 Å². The molecule has 1 aliphatic rings. The molecule has 0 aliphatic carbocycles. The van der Waals surface area contributed by atoms with Gasteiger partial charge in [0.2, 0.25) is 0 Å². The van der Waals surface area contributed by atoms with E-state index in [1.54, 1.807) is 17.2 Å². The summed E-state index contributed by atoms with van der Waals surface area (Å²) in [6.07, 6.45) is 4.11. The van der Waals surface area contributed by atoms with Crippen LogP contribution in [0.5, 0.6) is 0 Å². The number of anilines is 1. The molecule has 0 amide bonds. The highest BCUT2D eigenvalue weighted by Gasteiger charge is 2.25. The van der Waals surface area contributed by atoms with Gasteiger partial charge in [-0.15, -0.1) is 0 Å². The molecule has 3 heterocycles. The lowest BCUT2D eigenvalue weighted by Crippen LogP contribution is -2.45. The Balaban J connectivity index is 1.96. The number of nitriles is 1. The normalized spacial score (nSPS) is 22.4. The van der Waals surface area contributed by atoms with Crippen molar-refractivity contribution in [1.82, 2.24) is 19.7 Å². The SMILES string of the molecule is CC1CN(c2ncnc3c2cnn3CCC#N)CC(C)O1. The van der Waals surface area contributed by atoms with Gasteiger partial charge in [0, 0.05) is 13.1 Å². The molecule has 3 rings (SSSR count). The van der Waals surface area contributed by atoms with Crippen LogP contribution < -0.4 is 4.90 Å². The predicted octanol–water partition coefficient (Wildman–Crippen LogP) is 1.35. The van der Waals surface area contributed by atoms with Gasteiger partial charge < -0.3 is 9.64 Å². The van der Waals surface area contributed by atoms with Crippen LogP contribution in [-0.2, 0) is 11.3 Å². The van der Waals surface area contributed by atoms with E-state index in [0.717, 1.165) is 29.9 Å². The minimum atomic E-state index is 0.174. The Labute approximate surface area is 123 Å². The van der Waals surface area contributed by atoms with Gasteiger partial charge in [0.25, 0.3) is 0 Å². The zero-order valence-electron chi connectivity index (χ0n) is 12.2. The highest BCUT2D eigenvalue weighted by molar-refractivity contribution is 5.86. The molecule has 0 spiro atoms. The Morgan fingerprint density at radius 1 is 1.33 bits per heavy atom. The third-order valence-corrected chi connectivity index (χ3v) is 3.57. The second-order valence-corrected chi connectivity index (χ2v) is 5.37. The van der Waals surface area contributed by atoms with Crippen LogP contribution in [0.3, 0.4) is 0 Å². The number of aryl methyl sites for hydroxylation is 1. The third-order valence-electron chi connectivity index (χ3n) is 3.57. The molecule has 0 radical (unpaired) electrons. The fourth-order valence-electron chi connectivity index (χ4n) is 2.80. The summed E-state index contributed by atoms with van der Waals surface area (Å²) < 4.78 is 7.53. The van der Waals surface area contributed by atoms with Gasteiger partial charge in [0.15, 0.2) is 5.65 Å². The van der Waals surface area contributed by atoms with E-state index in [1.807, 2.05) is 0 Å². The van der Waals surface area contributed by atoms with E-state index < -0.39 is 0 Å². The van der Waals surface area contributed by atoms with Gasteiger partial charge in [0.05, 0.1) is 42.8 Å². The third kappa shape index (κ3) is 2.67. The van der Waals surface area contributed by atoms with Crippen molar-refractivity contribution in [2.75, 3.05) is 18.0 Å². The van der Waals surface area contributed by atoms with E-state index in [2.05, 4.69) is 39.9 Å². The summed E-state index contributed by atoms with van der Waals surface area (Å²) in [5.41, 5.74) is 0.780. The average Bonchev–Trinajstić information content (AvgIpc) is 2.87. The van der Waals surface area contributed by atoms with Crippen molar-refractivity contribution in [3.8, 4) is 6.07 Å². The fourth-order valence-corrected chi connectivity index (χ4v) is 2.80. The number of aromatic nitrogens is 4. The summed E-state index contributed by atoms with van der Waals surface area (Å²) in [7, 11) is 0. The second kappa shape index (κ2) is 5.66. The lowest BCUT2D eigenvalue weighted by atomic mass is 10.2. The van der Waals surface area contributed by atoms with Crippen LogP contribution in [0, 0.1) is 11.3 Å². The summed E-state index contributed by atoms with van der Waals surface area (Å²) >= 11 is 0. The van der Waals surface area contributed by atoms with Crippen LogP contribution >= 0.6 is 0 Å². The topological polar surface area (TPSA) is 79.9 Å². The van der Waals surface area contributed by atoms with Crippen LogP contribution in [-0.4, -0.2) is 45.0 Å². The first-order valence-corrected chi connectivity index (χ1v) is 7.13. The lowest BCUT2D eigenvalue weighted by molar-refractivity contribution is -0.00537. The lowest BCUT2D eigenvalue weighted by Gasteiger charge is -2.36. The van der Waals surface area contributed by atoms with E-state index in [1.165, 1.54) is 0 Å². The van der Waals surface area contributed by atoms with Crippen molar-refractivity contribution in [1.29, 1.82) is 5.26 Å². The highest BCUT2D eigenvalue weighted by atomic mass is 16.5. The number of hydrogen-bond donors (Lipinski definition) is 0. The fraction of sp³-hybridized carbons (Fsp3) is 0.571. The molecule has 2 aromatic rings. The Kier molecular flexibility index (Phi) is 3.71. The first kappa shape index (κ1) is 13.8. The van der Waals surface area contributed by atoms with Crippen molar-refractivity contribution in [3.05, 3.63) is 12.5 Å². The van der Waals surface area contributed by atoms with Crippen LogP contribution in [0.15, 0.2) is 12.5 Å². The Bertz CT molecular complexity index is 666. The van der Waals surface area contributed by atoms with E-state index in [4.69, 9.17) is 10.00 Å². The van der Waals surface area contributed by atoms with Crippen LogP contribution in [0.1, 0.15) is 20.3 Å². The van der Waals surface area contributed by atoms with Crippen LogP contribution in [0.2, 0.25) is 0 Å². The number of nitrogens with zero attached hydrogens (tertiary/aromatic N) is 6. The largest absolute Gasteiger partial charge is 0.372 e. The maximum absolute atomic E-state index is 8.71. The monoisotopic (exact) mass is 286 g/mol. The molecule has 1 aliphatic heterocycles. The predicted molar refractivity (Wildman–Crippen MR) is 77.8 cm³/mol. The number of fused-ring (bicyclic) bond motifs is 1. The van der Waals surface area contributed by atoms with Gasteiger partial charge in [0.1, 0.15) is 12.1 Å². The Morgan fingerprint density at radius 2 is 2.10 bits per heavy atom. The Hall–Kier alpha value is -2.20. The number of rotatable bonds is 3. The van der Waals surface area contributed by atoms with Crippen molar-refractivity contribution >= 4 is 16.9 Å². The molecule has 1 fully saturated rings. The van der Waals surface area contributed by atoms with Gasteiger partial charge >= 0.3 is 0 Å². The van der Waals surface area contributed by atoms with Crippen molar-refractivity contribution < 1.29 is 4.74 Å². The summed E-state index contributed by atoms with van der Waals surface area (Å²) in [6, 6.07) is 2.13. The van der Waals surface area contributed by atoms with Gasteiger partial charge in [-0.05, 0) is 13.8 Å². The molecule has 2 aromatic heterocycles. The molecule has 0 bridgehead atoms. The molecule has 7 heteroatoms. The van der Waals surface area contributed by atoms with Gasteiger partial charge in [-0.25, -0.2) is 14.6 Å². The standard InChI is InChI=1S/C14H18N6O/c1-10-7-19(8-11(2)21-10)13-12-6-18-20(5-3-4-15)14(12)17-9-16-13/h6,9-11H,3,5,7-8H2,1-2H3. The molecule has 1 saturated heterocycles. The summed E-state index contributed by atoms with van der Waals surface area (Å²) in [4.78, 5) is 11.0. The smallest absolute Gasteiger partial charge is 0.163 e. The minimum Gasteiger partial charge on any atom is -0.372 e. The molecule has 2 atom stereocenters. The maximum atomic E-state index is 8.71. The highest BCUT2D eigenvalue weighted by Crippen LogP contribution is 2.25. The molecule has 7 nitrogen and oxygen atoms in total. The van der Waals surface area contributed by atoms with Crippen LogP contribution in [0.25, 0.3) is 11.0 Å². The summed E-state index contributed by atoms with van der Waals surface area (Å²) in [5, 5.41) is 14.0. The number of ether oxygens (including phenoxy) is 1. The molecular formula is C14H18N6O. The average molecular weight is 286 g/mol. The quantitative estimate of drug-likeness (QED) is 0.847. The second-order valence-electron chi connectivity index (χ2n) is 5.37. The van der Waals surface area contributed by atoms with Crippen LogP contribution in [0.4, 0.5) is 5.82 Å². The number of morpholine rings is 1. The van der Waals surface area contributed by atoms with E-state index in [-0.39, 0.29) is 12.2 Å². The number of hydrogen-bond acceptors (Lipinski definition) is 6. The van der Waals surface area contributed by atoms with Crippen molar-refractivity contribution in [3.63, 3.8) is 0 Å². The first-order valence-electron chi connectivity index (χ1n) is 7.13. The van der Waals surface area contributed by atoms with Gasteiger partial charge in [-0.1, -0.05) is 0 Å². The molecule has 0 N–H and O–H groups in total. The zero-order chi connectivity index (χ0) is 14.8. The Morgan fingerprint density at radius 3 is 2.81 bits per heavy atom. The molecular weight excluding hydrogens is 268 g/mol.